The number of terminal acetylenes is 1. The number of carbonyl (C=O) groups excluding carboxylic acids is 1. The van der Waals surface area contributed by atoms with E-state index in [2.05, 4.69) is 5.92 Å². The number of ketones is 1. The predicted molar refractivity (Wildman–Crippen MR) is 42.5 cm³/mol. The minimum atomic E-state index is 0.227. The first-order valence-corrected chi connectivity index (χ1v) is 3.35. The van der Waals surface area contributed by atoms with Crippen LogP contribution in [0.15, 0.2) is 12.2 Å². The van der Waals surface area contributed by atoms with Crippen LogP contribution in [0.2, 0.25) is 0 Å². The van der Waals surface area contributed by atoms with Crippen LogP contribution in [0.25, 0.3) is 0 Å². The Labute approximate surface area is 62.1 Å². The summed E-state index contributed by atoms with van der Waals surface area (Å²) in [5, 5.41) is 0. The van der Waals surface area contributed by atoms with Crippen LogP contribution >= 0.6 is 0 Å². The van der Waals surface area contributed by atoms with Gasteiger partial charge in [0.1, 0.15) is 5.78 Å². The monoisotopic (exact) mass is 136 g/mol. The van der Waals surface area contributed by atoms with Crippen LogP contribution in [0.4, 0.5) is 0 Å². The van der Waals surface area contributed by atoms with Gasteiger partial charge in [-0.2, -0.15) is 0 Å². The van der Waals surface area contributed by atoms with E-state index in [0.29, 0.717) is 12.8 Å². The lowest BCUT2D eigenvalue weighted by Gasteiger charge is -1.85. The van der Waals surface area contributed by atoms with Gasteiger partial charge in [0, 0.05) is 12.8 Å². The van der Waals surface area contributed by atoms with Crippen LogP contribution in [-0.2, 0) is 4.79 Å². The van der Waals surface area contributed by atoms with Crippen molar-refractivity contribution in [2.45, 2.75) is 26.2 Å². The number of carbonyl (C=O) groups is 1. The van der Waals surface area contributed by atoms with Crippen molar-refractivity contribution in [3.8, 4) is 12.3 Å². The fraction of sp³-hybridized carbons (Fsp3) is 0.444. The molecule has 0 aromatic heterocycles. The molecule has 0 atom stereocenters. The summed E-state index contributed by atoms with van der Waals surface area (Å²) >= 11 is 0. The van der Waals surface area contributed by atoms with E-state index in [1.54, 1.807) is 6.92 Å². The third-order valence-electron chi connectivity index (χ3n) is 1.07. The molecule has 0 rings (SSSR count). The molecular weight excluding hydrogens is 124 g/mol. The highest BCUT2D eigenvalue weighted by atomic mass is 16.1. The molecule has 0 unspecified atom stereocenters. The molecule has 1 nitrogen and oxygen atoms in total. The molecule has 0 amide bonds. The number of allylic oxidation sites excluding steroid dienone is 2. The summed E-state index contributed by atoms with van der Waals surface area (Å²) in [6.07, 6.45) is 11.0. The van der Waals surface area contributed by atoms with Crippen LogP contribution in [0, 0.1) is 12.3 Å². The summed E-state index contributed by atoms with van der Waals surface area (Å²) < 4.78 is 0. The summed E-state index contributed by atoms with van der Waals surface area (Å²) in [5.74, 6) is 2.71. The van der Waals surface area contributed by atoms with E-state index in [0.717, 1.165) is 6.42 Å². The molecule has 0 fully saturated rings. The molecule has 0 saturated heterocycles. The minimum absolute atomic E-state index is 0.227. The number of hydrogen-bond acceptors (Lipinski definition) is 1. The summed E-state index contributed by atoms with van der Waals surface area (Å²) in [4.78, 5) is 10.4. The lowest BCUT2D eigenvalue weighted by atomic mass is 10.2. The highest BCUT2D eigenvalue weighted by Gasteiger charge is 1.86. The standard InChI is InChI=1S/C9H12O/c1-3-4-5-6-7-8-9(2)10/h1,5-6H,4,7-8H2,2H3/b6-5+. The van der Waals surface area contributed by atoms with E-state index in [9.17, 15) is 4.79 Å². The van der Waals surface area contributed by atoms with E-state index >= 15 is 0 Å². The van der Waals surface area contributed by atoms with Gasteiger partial charge in [0.2, 0.25) is 0 Å². The Morgan fingerprint density at radius 3 is 2.80 bits per heavy atom. The molecule has 0 N–H and O–H groups in total. The average Bonchev–Trinajstić information content (AvgIpc) is 1.87. The SMILES string of the molecule is C#CC/C=C/CCC(C)=O. The van der Waals surface area contributed by atoms with E-state index < -0.39 is 0 Å². The van der Waals surface area contributed by atoms with Crippen molar-refractivity contribution in [3.63, 3.8) is 0 Å². The Kier molecular flexibility index (Phi) is 5.47. The molecule has 0 heterocycles. The average molecular weight is 136 g/mol. The maximum atomic E-state index is 10.4. The largest absolute Gasteiger partial charge is 0.300 e. The van der Waals surface area contributed by atoms with E-state index in [1.807, 2.05) is 12.2 Å². The second kappa shape index (κ2) is 6.10. The van der Waals surface area contributed by atoms with Crippen LogP contribution in [-0.4, -0.2) is 5.78 Å². The fourth-order valence-corrected chi connectivity index (χ4v) is 0.556. The summed E-state index contributed by atoms with van der Waals surface area (Å²) in [7, 11) is 0. The zero-order valence-electron chi connectivity index (χ0n) is 6.26. The summed E-state index contributed by atoms with van der Waals surface area (Å²) in [6.45, 7) is 1.59. The molecular formula is C9H12O. The Bertz CT molecular complexity index is 160. The first-order chi connectivity index (χ1) is 4.77. The Hall–Kier alpha value is -1.03. The molecule has 10 heavy (non-hydrogen) atoms. The van der Waals surface area contributed by atoms with Gasteiger partial charge >= 0.3 is 0 Å². The van der Waals surface area contributed by atoms with Crippen LogP contribution < -0.4 is 0 Å². The molecule has 0 aliphatic carbocycles. The molecule has 1 heteroatoms. The third kappa shape index (κ3) is 6.97. The third-order valence-corrected chi connectivity index (χ3v) is 1.07. The Balaban J connectivity index is 3.20. The smallest absolute Gasteiger partial charge is 0.130 e. The van der Waals surface area contributed by atoms with Gasteiger partial charge in [-0.05, 0) is 13.3 Å². The van der Waals surface area contributed by atoms with Gasteiger partial charge in [-0.3, -0.25) is 0 Å². The van der Waals surface area contributed by atoms with Crippen molar-refractivity contribution >= 4 is 5.78 Å². The lowest BCUT2D eigenvalue weighted by molar-refractivity contribution is -0.116. The van der Waals surface area contributed by atoms with E-state index in [4.69, 9.17) is 6.42 Å². The van der Waals surface area contributed by atoms with Gasteiger partial charge in [0.25, 0.3) is 0 Å². The van der Waals surface area contributed by atoms with Gasteiger partial charge in [-0.25, -0.2) is 0 Å². The van der Waals surface area contributed by atoms with E-state index in [1.165, 1.54) is 0 Å². The maximum Gasteiger partial charge on any atom is 0.130 e. The predicted octanol–water partition coefficient (Wildman–Crippen LogP) is 1.94. The molecule has 0 saturated carbocycles. The second-order valence-corrected chi connectivity index (χ2v) is 2.12. The first kappa shape index (κ1) is 8.97. The summed E-state index contributed by atoms with van der Waals surface area (Å²) in [6, 6.07) is 0. The highest BCUT2D eigenvalue weighted by molar-refractivity contribution is 5.75. The van der Waals surface area contributed by atoms with Crippen molar-refractivity contribution in [2.75, 3.05) is 0 Å². The Morgan fingerprint density at radius 2 is 2.30 bits per heavy atom. The van der Waals surface area contributed by atoms with Crippen molar-refractivity contribution in [1.82, 2.24) is 0 Å². The minimum Gasteiger partial charge on any atom is -0.300 e. The zero-order chi connectivity index (χ0) is 7.82. The van der Waals surface area contributed by atoms with Gasteiger partial charge in [0.15, 0.2) is 0 Å². The molecule has 0 aliphatic rings. The summed E-state index contributed by atoms with van der Waals surface area (Å²) in [5.41, 5.74) is 0. The van der Waals surface area contributed by atoms with Gasteiger partial charge in [-0.15, -0.1) is 12.3 Å². The molecule has 0 radical (unpaired) electrons. The topological polar surface area (TPSA) is 17.1 Å². The number of rotatable bonds is 4. The molecule has 54 valence electrons. The number of Topliss-reactive ketones (excluding diaryl/α,β-unsaturated/α-hetero) is 1. The van der Waals surface area contributed by atoms with Crippen LogP contribution in [0.5, 0.6) is 0 Å². The molecule has 0 spiro atoms. The van der Waals surface area contributed by atoms with Crippen LogP contribution in [0.1, 0.15) is 26.2 Å². The van der Waals surface area contributed by atoms with Crippen LogP contribution in [0.3, 0.4) is 0 Å². The molecule has 0 bridgehead atoms. The first-order valence-electron chi connectivity index (χ1n) is 3.35. The van der Waals surface area contributed by atoms with Gasteiger partial charge in [0.05, 0.1) is 0 Å². The fourth-order valence-electron chi connectivity index (χ4n) is 0.556. The van der Waals surface area contributed by atoms with Crippen molar-refractivity contribution < 1.29 is 4.79 Å². The number of hydrogen-bond donors (Lipinski definition) is 0. The molecule has 0 aromatic carbocycles. The quantitative estimate of drug-likeness (QED) is 0.426. The second-order valence-electron chi connectivity index (χ2n) is 2.12. The van der Waals surface area contributed by atoms with Crippen molar-refractivity contribution in [2.24, 2.45) is 0 Å². The van der Waals surface area contributed by atoms with Crippen molar-refractivity contribution in [1.29, 1.82) is 0 Å². The lowest BCUT2D eigenvalue weighted by Crippen LogP contribution is -1.85. The van der Waals surface area contributed by atoms with Gasteiger partial charge in [-0.1, -0.05) is 12.2 Å². The highest BCUT2D eigenvalue weighted by Crippen LogP contribution is 1.92. The van der Waals surface area contributed by atoms with Crippen molar-refractivity contribution in [3.05, 3.63) is 12.2 Å². The van der Waals surface area contributed by atoms with E-state index in [-0.39, 0.29) is 5.78 Å². The maximum absolute atomic E-state index is 10.4. The molecule has 0 aromatic rings. The normalized spacial score (nSPS) is 9.60. The Morgan fingerprint density at radius 1 is 1.60 bits per heavy atom. The van der Waals surface area contributed by atoms with Gasteiger partial charge < -0.3 is 4.79 Å². The zero-order valence-corrected chi connectivity index (χ0v) is 6.26. The molecule has 0 aliphatic heterocycles.